The molecule has 3 N–H and O–H groups in total. The zero-order chi connectivity index (χ0) is 28.5. The quantitative estimate of drug-likeness (QED) is 0.341. The molecule has 3 fully saturated rings. The first-order valence-electron chi connectivity index (χ1n) is 15.0. The number of benzene rings is 1. The second-order valence-corrected chi connectivity index (χ2v) is 11.4. The number of unbranched alkanes of at least 4 members (excludes halogenated alkanes) is 1. The Kier molecular flexibility index (Phi) is 12.5. The van der Waals surface area contributed by atoms with Crippen LogP contribution in [0.15, 0.2) is 36.4 Å². The van der Waals surface area contributed by atoms with E-state index in [4.69, 9.17) is 4.74 Å². The Morgan fingerprint density at radius 2 is 1.83 bits per heavy atom. The van der Waals surface area contributed by atoms with Crippen LogP contribution < -0.4 is 15.4 Å². The van der Waals surface area contributed by atoms with Crippen LogP contribution in [-0.4, -0.2) is 90.1 Å². The number of amides is 3. The van der Waals surface area contributed by atoms with Crippen LogP contribution in [0.5, 0.6) is 5.75 Å². The lowest BCUT2D eigenvalue weighted by molar-refractivity contribution is -0.165. The molecule has 1 spiro atoms. The number of nitrogens with zero attached hydrogens (tertiary/aromatic N) is 2. The van der Waals surface area contributed by atoms with Gasteiger partial charge in [0.15, 0.2) is 0 Å². The maximum absolute atomic E-state index is 13.7. The first-order chi connectivity index (χ1) is 19.4. The van der Waals surface area contributed by atoms with E-state index in [1.807, 2.05) is 11.0 Å². The summed E-state index contributed by atoms with van der Waals surface area (Å²) in [6, 6.07) is 6.19. The van der Waals surface area contributed by atoms with Crippen LogP contribution in [0.25, 0.3) is 0 Å². The number of carbonyl (C=O) groups is 3. The monoisotopic (exact) mass is 590 g/mol. The van der Waals surface area contributed by atoms with Gasteiger partial charge in [-0.2, -0.15) is 0 Å². The lowest BCUT2D eigenvalue weighted by Gasteiger charge is -2.52. The van der Waals surface area contributed by atoms with Gasteiger partial charge in [0, 0.05) is 38.8 Å². The van der Waals surface area contributed by atoms with Crippen molar-refractivity contribution in [1.29, 1.82) is 0 Å². The number of halogens is 1. The van der Waals surface area contributed by atoms with Crippen LogP contribution in [0.1, 0.15) is 75.1 Å². The van der Waals surface area contributed by atoms with Gasteiger partial charge >= 0.3 is 0 Å². The largest absolute Gasteiger partial charge is 0.490 e. The molecule has 1 aromatic carbocycles. The summed E-state index contributed by atoms with van der Waals surface area (Å²) in [5.74, 6) is 0.429. The number of carbonyl (C=O) groups excluding carboxylic acids is 3. The van der Waals surface area contributed by atoms with Crippen LogP contribution in [0.2, 0.25) is 0 Å². The molecule has 0 bridgehead atoms. The predicted octanol–water partition coefficient (Wildman–Crippen LogP) is 3.31. The molecule has 9 nitrogen and oxygen atoms in total. The minimum Gasteiger partial charge on any atom is -0.490 e. The average Bonchev–Trinajstić information content (AvgIpc) is 2.99. The number of ether oxygens (including phenoxy) is 1. The smallest absolute Gasteiger partial charge is 0.251 e. The van der Waals surface area contributed by atoms with Gasteiger partial charge in [-0.3, -0.25) is 19.3 Å². The molecule has 41 heavy (non-hydrogen) atoms. The molecule has 228 valence electrons. The molecular weight excluding hydrogens is 544 g/mol. The van der Waals surface area contributed by atoms with Crippen LogP contribution in [-0.2, 0) is 9.59 Å². The summed E-state index contributed by atoms with van der Waals surface area (Å²) < 4.78 is 5.75. The van der Waals surface area contributed by atoms with Crippen molar-refractivity contribution in [3.8, 4) is 5.75 Å². The first kappa shape index (κ1) is 32.9. The number of piperidine rings is 1. The summed E-state index contributed by atoms with van der Waals surface area (Å²) in [6.07, 6.45) is 11.3. The Morgan fingerprint density at radius 1 is 1.15 bits per heavy atom. The highest BCUT2D eigenvalue weighted by Crippen LogP contribution is 2.36. The first-order valence-corrected chi connectivity index (χ1v) is 15.0. The number of aliphatic hydroxyl groups excluding tert-OH is 1. The number of hydrogen-bond donors (Lipinski definition) is 3. The highest BCUT2D eigenvalue weighted by molar-refractivity contribution is 6.00. The summed E-state index contributed by atoms with van der Waals surface area (Å²) >= 11 is 0. The molecule has 3 amide bonds. The molecule has 1 aliphatic carbocycles. The summed E-state index contributed by atoms with van der Waals surface area (Å²) in [5.41, 5.74) is -0.245. The second kappa shape index (κ2) is 15.6. The normalized spacial score (nSPS) is 22.3. The Labute approximate surface area is 250 Å². The molecule has 10 heteroatoms. The Balaban J connectivity index is 0.00000462. The number of rotatable bonds is 11. The van der Waals surface area contributed by atoms with E-state index in [1.54, 1.807) is 31.3 Å². The topological polar surface area (TPSA) is 111 Å². The van der Waals surface area contributed by atoms with Gasteiger partial charge in [-0.1, -0.05) is 44.8 Å². The minimum absolute atomic E-state index is 0. The van der Waals surface area contributed by atoms with Crippen molar-refractivity contribution in [2.24, 2.45) is 5.92 Å². The van der Waals surface area contributed by atoms with Crippen molar-refractivity contribution in [2.45, 2.75) is 82.4 Å². The summed E-state index contributed by atoms with van der Waals surface area (Å²) in [4.78, 5) is 43.1. The zero-order valence-electron chi connectivity index (χ0n) is 24.5. The van der Waals surface area contributed by atoms with Gasteiger partial charge < -0.3 is 25.4 Å². The SMILES string of the molecule is CCCCN1C(=O)[C@@H]([C@H](O)C2CCCCC2)NC(=O)C12CCN(CC=CCOc1ccc(C(=O)NC)cc1)CC2.Cl. The van der Waals surface area contributed by atoms with Crippen LogP contribution >= 0.6 is 12.4 Å². The highest BCUT2D eigenvalue weighted by Gasteiger charge is 2.55. The van der Waals surface area contributed by atoms with Gasteiger partial charge in [-0.15, -0.1) is 12.4 Å². The Bertz CT molecular complexity index is 1040. The fourth-order valence-corrected chi connectivity index (χ4v) is 6.34. The molecule has 4 rings (SSSR count). The Hall–Kier alpha value is -2.62. The molecule has 1 aromatic rings. The van der Waals surface area contributed by atoms with Gasteiger partial charge in [-0.25, -0.2) is 0 Å². The van der Waals surface area contributed by atoms with Gasteiger partial charge in [-0.05, 0) is 62.3 Å². The van der Waals surface area contributed by atoms with Gasteiger partial charge in [0.1, 0.15) is 23.9 Å². The van der Waals surface area contributed by atoms with E-state index in [1.165, 1.54) is 6.42 Å². The van der Waals surface area contributed by atoms with Gasteiger partial charge in [0.25, 0.3) is 5.91 Å². The van der Waals surface area contributed by atoms with Crippen molar-refractivity contribution in [1.82, 2.24) is 20.4 Å². The number of aliphatic hydroxyl groups is 1. The Morgan fingerprint density at radius 3 is 2.46 bits per heavy atom. The fraction of sp³-hybridized carbons (Fsp3) is 0.645. The van der Waals surface area contributed by atoms with Crippen LogP contribution in [0.4, 0.5) is 0 Å². The maximum atomic E-state index is 13.7. The fourth-order valence-electron chi connectivity index (χ4n) is 6.34. The van der Waals surface area contributed by atoms with Crippen LogP contribution in [0, 0.1) is 5.92 Å². The van der Waals surface area contributed by atoms with Crippen molar-refractivity contribution in [3.63, 3.8) is 0 Å². The maximum Gasteiger partial charge on any atom is 0.251 e. The van der Waals surface area contributed by atoms with E-state index >= 15 is 0 Å². The number of piperazine rings is 1. The van der Waals surface area contributed by atoms with Crippen molar-refractivity contribution < 1.29 is 24.2 Å². The van der Waals surface area contributed by atoms with E-state index in [0.29, 0.717) is 50.4 Å². The van der Waals surface area contributed by atoms with Crippen molar-refractivity contribution >= 4 is 30.1 Å². The van der Waals surface area contributed by atoms with Crippen molar-refractivity contribution in [3.05, 3.63) is 42.0 Å². The lowest BCUT2D eigenvalue weighted by Crippen LogP contribution is -2.75. The zero-order valence-corrected chi connectivity index (χ0v) is 25.3. The molecule has 0 radical (unpaired) electrons. The summed E-state index contributed by atoms with van der Waals surface area (Å²) in [7, 11) is 1.60. The minimum atomic E-state index is -0.834. The van der Waals surface area contributed by atoms with Crippen LogP contribution in [0.3, 0.4) is 0 Å². The third-order valence-corrected chi connectivity index (χ3v) is 8.87. The van der Waals surface area contributed by atoms with E-state index in [-0.39, 0.29) is 36.0 Å². The molecule has 2 saturated heterocycles. The molecule has 3 aliphatic rings. The van der Waals surface area contributed by atoms with E-state index < -0.39 is 17.7 Å². The predicted molar refractivity (Wildman–Crippen MR) is 161 cm³/mol. The molecule has 1 saturated carbocycles. The molecular formula is C31H47ClN4O5. The standard InChI is InChI=1S/C31H46N4O5.ClH/c1-3-4-19-35-29(38)26(27(36)23-10-6-5-7-11-23)33-30(39)31(35)16-20-34(21-17-31)18-8-9-22-40-25-14-12-24(13-15-25)28(37)32-2;/h8-9,12-15,23,26-27,36H,3-7,10-11,16-22H2,1-2H3,(H,32,37)(H,33,39);1H/t26-,27-;/m1./s1. The van der Waals surface area contributed by atoms with E-state index in [2.05, 4.69) is 28.5 Å². The van der Waals surface area contributed by atoms with Crippen molar-refractivity contribution in [2.75, 3.05) is 39.8 Å². The molecule has 2 aliphatic heterocycles. The number of hydrogen-bond acceptors (Lipinski definition) is 6. The average molecular weight is 591 g/mol. The third kappa shape index (κ3) is 7.81. The lowest BCUT2D eigenvalue weighted by atomic mass is 9.78. The summed E-state index contributed by atoms with van der Waals surface area (Å²) in [5, 5.41) is 16.7. The highest BCUT2D eigenvalue weighted by atomic mass is 35.5. The third-order valence-electron chi connectivity index (χ3n) is 8.87. The van der Waals surface area contributed by atoms with E-state index in [9.17, 15) is 19.5 Å². The number of likely N-dealkylation sites (tertiary alicyclic amines) is 1. The second-order valence-electron chi connectivity index (χ2n) is 11.4. The molecule has 2 atom stereocenters. The molecule has 0 aromatic heterocycles. The van der Waals surface area contributed by atoms with E-state index in [0.717, 1.165) is 45.1 Å². The van der Waals surface area contributed by atoms with Gasteiger partial charge in [0.2, 0.25) is 11.8 Å². The molecule has 0 unspecified atom stereocenters. The summed E-state index contributed by atoms with van der Waals surface area (Å²) in [6.45, 7) is 5.23. The van der Waals surface area contributed by atoms with Gasteiger partial charge in [0.05, 0.1) is 6.10 Å². The number of nitrogens with one attached hydrogen (secondary N) is 2. The molecule has 2 heterocycles.